The van der Waals surface area contributed by atoms with Crippen molar-refractivity contribution in [1.29, 1.82) is 0 Å². The fourth-order valence-electron chi connectivity index (χ4n) is 2.09. The molecule has 1 aromatic rings. The van der Waals surface area contributed by atoms with Crippen LogP contribution in [-0.2, 0) is 4.74 Å². The molecule has 1 heterocycles. The van der Waals surface area contributed by atoms with Crippen molar-refractivity contribution in [3.05, 3.63) is 10.4 Å². The molecule has 1 aliphatic rings. The molecule has 100 valence electrons. The maximum atomic E-state index is 11.6. The van der Waals surface area contributed by atoms with E-state index in [1.54, 1.807) is 14.0 Å². The Labute approximate surface area is 112 Å². The second-order valence-corrected chi connectivity index (χ2v) is 5.81. The van der Waals surface area contributed by atoms with Crippen LogP contribution in [-0.4, -0.2) is 33.1 Å². The third kappa shape index (κ3) is 2.52. The third-order valence-corrected chi connectivity index (χ3v) is 4.68. The summed E-state index contributed by atoms with van der Waals surface area (Å²) in [5, 5.41) is 1.14. The van der Waals surface area contributed by atoms with Crippen molar-refractivity contribution in [2.75, 3.05) is 37.9 Å². The highest BCUT2D eigenvalue weighted by molar-refractivity contribution is 7.18. The van der Waals surface area contributed by atoms with E-state index in [1.165, 1.54) is 29.7 Å². The Morgan fingerprint density at radius 2 is 2.22 bits per heavy atom. The van der Waals surface area contributed by atoms with Crippen molar-refractivity contribution in [2.45, 2.75) is 25.7 Å². The number of carbonyl (C=O) groups excluding carboxylic acids is 1. The Kier molecular flexibility index (Phi) is 3.92. The summed E-state index contributed by atoms with van der Waals surface area (Å²) in [5.41, 5.74) is 8.03. The predicted molar refractivity (Wildman–Crippen MR) is 75.9 cm³/mol. The highest BCUT2D eigenvalue weighted by Crippen LogP contribution is 2.51. The molecule has 1 fully saturated rings. The first-order valence-electron chi connectivity index (χ1n) is 6.19. The number of rotatable bonds is 6. The largest absolute Gasteiger partial charge is 0.397 e. The molecule has 0 atom stereocenters. The van der Waals surface area contributed by atoms with Gasteiger partial charge in [-0.2, -0.15) is 0 Å². The lowest BCUT2D eigenvalue weighted by molar-refractivity contribution is 0.102. The molecular formula is C13H20N2O2S. The van der Waals surface area contributed by atoms with Gasteiger partial charge in [0.15, 0.2) is 5.78 Å². The van der Waals surface area contributed by atoms with Crippen LogP contribution in [0.15, 0.2) is 0 Å². The molecule has 1 saturated carbocycles. The monoisotopic (exact) mass is 268 g/mol. The minimum Gasteiger partial charge on any atom is -0.397 e. The van der Waals surface area contributed by atoms with Gasteiger partial charge in [0.2, 0.25) is 0 Å². The van der Waals surface area contributed by atoms with E-state index in [2.05, 4.69) is 4.90 Å². The molecule has 0 spiro atoms. The van der Waals surface area contributed by atoms with E-state index in [9.17, 15) is 4.79 Å². The molecule has 0 aliphatic heterocycles. The van der Waals surface area contributed by atoms with Crippen LogP contribution in [0.1, 0.15) is 40.9 Å². The van der Waals surface area contributed by atoms with Gasteiger partial charge in [0.1, 0.15) is 0 Å². The number of ketones is 1. The summed E-state index contributed by atoms with van der Waals surface area (Å²) in [6.45, 7) is 3.07. The van der Waals surface area contributed by atoms with E-state index in [0.29, 0.717) is 23.1 Å². The Morgan fingerprint density at radius 1 is 1.56 bits per heavy atom. The first-order valence-corrected chi connectivity index (χ1v) is 7.01. The number of anilines is 2. The lowest BCUT2D eigenvalue weighted by Gasteiger charge is -2.18. The zero-order valence-electron chi connectivity index (χ0n) is 11.2. The van der Waals surface area contributed by atoms with Gasteiger partial charge in [0.05, 0.1) is 22.2 Å². The fourth-order valence-corrected chi connectivity index (χ4v) is 3.28. The van der Waals surface area contributed by atoms with Crippen molar-refractivity contribution >= 4 is 27.8 Å². The van der Waals surface area contributed by atoms with Crippen molar-refractivity contribution in [1.82, 2.24) is 0 Å². The molecule has 2 N–H and O–H groups in total. The van der Waals surface area contributed by atoms with E-state index < -0.39 is 0 Å². The Morgan fingerprint density at radius 3 is 2.72 bits per heavy atom. The molecule has 0 unspecified atom stereocenters. The average molecular weight is 268 g/mol. The first kappa shape index (κ1) is 13.4. The SMILES string of the molecule is COCCN(C)c1sc(C(C)=O)c(N)c1C1CC1. The Balaban J connectivity index is 2.32. The highest BCUT2D eigenvalue weighted by atomic mass is 32.1. The predicted octanol–water partition coefficient (Wildman–Crippen LogP) is 2.49. The van der Waals surface area contributed by atoms with Crippen LogP contribution in [0.2, 0.25) is 0 Å². The first-order chi connectivity index (χ1) is 8.56. The van der Waals surface area contributed by atoms with Crippen LogP contribution in [0.25, 0.3) is 0 Å². The molecular weight excluding hydrogens is 248 g/mol. The summed E-state index contributed by atoms with van der Waals surface area (Å²) in [6.07, 6.45) is 2.37. The maximum Gasteiger partial charge on any atom is 0.171 e. The van der Waals surface area contributed by atoms with Crippen LogP contribution < -0.4 is 10.6 Å². The number of likely N-dealkylation sites (N-methyl/N-ethyl adjacent to an activating group) is 1. The smallest absolute Gasteiger partial charge is 0.171 e. The van der Waals surface area contributed by atoms with Gasteiger partial charge in [-0.3, -0.25) is 4.79 Å². The molecule has 0 aromatic carbocycles. The lowest BCUT2D eigenvalue weighted by Crippen LogP contribution is -2.22. The maximum absolute atomic E-state index is 11.6. The van der Waals surface area contributed by atoms with Gasteiger partial charge in [0, 0.05) is 33.2 Å². The fraction of sp³-hybridized carbons (Fsp3) is 0.615. The third-order valence-electron chi connectivity index (χ3n) is 3.25. The summed E-state index contributed by atoms with van der Waals surface area (Å²) < 4.78 is 5.10. The molecule has 0 saturated heterocycles. The van der Waals surface area contributed by atoms with Crippen LogP contribution in [0.5, 0.6) is 0 Å². The van der Waals surface area contributed by atoms with Gasteiger partial charge in [-0.15, -0.1) is 11.3 Å². The quantitative estimate of drug-likeness (QED) is 0.805. The number of nitrogens with zero attached hydrogens (tertiary/aromatic N) is 1. The zero-order chi connectivity index (χ0) is 13.3. The molecule has 0 amide bonds. The topological polar surface area (TPSA) is 55.6 Å². The normalized spacial score (nSPS) is 14.8. The van der Waals surface area contributed by atoms with Gasteiger partial charge in [-0.25, -0.2) is 0 Å². The van der Waals surface area contributed by atoms with Crippen LogP contribution in [0.3, 0.4) is 0 Å². The van der Waals surface area contributed by atoms with Gasteiger partial charge < -0.3 is 15.4 Å². The number of nitrogens with two attached hydrogens (primary N) is 1. The summed E-state index contributed by atoms with van der Waals surface area (Å²) in [5.74, 6) is 0.611. The Bertz CT molecular complexity index is 452. The number of thiophene rings is 1. The highest BCUT2D eigenvalue weighted by Gasteiger charge is 2.33. The molecule has 4 nitrogen and oxygen atoms in total. The minimum absolute atomic E-state index is 0.0609. The summed E-state index contributed by atoms with van der Waals surface area (Å²) in [7, 11) is 3.72. The van der Waals surface area contributed by atoms with E-state index in [1.807, 2.05) is 7.05 Å². The van der Waals surface area contributed by atoms with Crippen molar-refractivity contribution in [3.63, 3.8) is 0 Å². The van der Waals surface area contributed by atoms with Crippen molar-refractivity contribution in [3.8, 4) is 0 Å². The number of hydrogen-bond donors (Lipinski definition) is 1. The van der Waals surface area contributed by atoms with E-state index in [-0.39, 0.29) is 5.78 Å². The summed E-state index contributed by atoms with van der Waals surface area (Å²) >= 11 is 1.52. The van der Waals surface area contributed by atoms with Crippen molar-refractivity contribution < 1.29 is 9.53 Å². The average Bonchev–Trinajstić information content (AvgIpc) is 3.09. The van der Waals surface area contributed by atoms with Crippen molar-refractivity contribution in [2.24, 2.45) is 0 Å². The summed E-state index contributed by atoms with van der Waals surface area (Å²) in [6, 6.07) is 0. The summed E-state index contributed by atoms with van der Waals surface area (Å²) in [4.78, 5) is 14.4. The van der Waals surface area contributed by atoms with Crippen LogP contribution >= 0.6 is 11.3 Å². The second-order valence-electron chi connectivity index (χ2n) is 4.81. The Hall–Kier alpha value is -1.07. The number of carbonyl (C=O) groups is 1. The minimum atomic E-state index is 0.0609. The number of nitrogen functional groups attached to an aromatic ring is 1. The molecule has 1 aromatic heterocycles. The van der Waals surface area contributed by atoms with Crippen LogP contribution in [0.4, 0.5) is 10.7 Å². The molecule has 18 heavy (non-hydrogen) atoms. The van der Waals surface area contributed by atoms with E-state index in [0.717, 1.165) is 11.5 Å². The molecule has 0 bridgehead atoms. The number of hydrogen-bond acceptors (Lipinski definition) is 5. The number of ether oxygens (including phenoxy) is 1. The van der Waals surface area contributed by atoms with Gasteiger partial charge in [0.25, 0.3) is 0 Å². The molecule has 2 rings (SSSR count). The lowest BCUT2D eigenvalue weighted by atomic mass is 10.1. The van der Waals surface area contributed by atoms with Gasteiger partial charge in [-0.05, 0) is 18.8 Å². The van der Waals surface area contributed by atoms with E-state index in [4.69, 9.17) is 10.5 Å². The van der Waals surface area contributed by atoms with E-state index >= 15 is 0 Å². The second kappa shape index (κ2) is 5.28. The van der Waals surface area contributed by atoms with Gasteiger partial charge in [-0.1, -0.05) is 0 Å². The zero-order valence-corrected chi connectivity index (χ0v) is 12.0. The standard InChI is InChI=1S/C13H20N2O2S/c1-8(16)12-11(14)10(9-4-5-9)13(18-12)15(2)6-7-17-3/h9H,4-7,14H2,1-3H3. The van der Waals surface area contributed by atoms with Crippen LogP contribution in [0, 0.1) is 0 Å². The van der Waals surface area contributed by atoms with Gasteiger partial charge >= 0.3 is 0 Å². The molecule has 1 aliphatic carbocycles. The number of methoxy groups -OCH3 is 1. The molecule has 0 radical (unpaired) electrons. The number of Topliss-reactive ketones (excluding diaryl/α,β-unsaturated/α-hetero) is 1. The molecule has 5 heteroatoms.